The van der Waals surface area contributed by atoms with Crippen LogP contribution in [0.25, 0.3) is 0 Å². The molecule has 0 saturated carbocycles. The second-order valence-electron chi connectivity index (χ2n) is 3.34. The lowest BCUT2D eigenvalue weighted by Crippen LogP contribution is -2.37. The van der Waals surface area contributed by atoms with Crippen LogP contribution in [0.1, 0.15) is 13.3 Å². The summed E-state index contributed by atoms with van der Waals surface area (Å²) < 4.78 is 0. The summed E-state index contributed by atoms with van der Waals surface area (Å²) in [5, 5.41) is 4.63. The van der Waals surface area contributed by atoms with Gasteiger partial charge in [-0.05, 0) is 24.9 Å². The average molecular weight is 232 g/mol. The molecule has 2 heterocycles. The Kier molecular flexibility index (Phi) is 3.38. The van der Waals surface area contributed by atoms with Crippen LogP contribution in [0, 0.1) is 0 Å². The lowest BCUT2D eigenvalue weighted by Gasteiger charge is -2.30. The third-order valence-electron chi connectivity index (χ3n) is 2.46. The summed E-state index contributed by atoms with van der Waals surface area (Å²) in [5.41, 5.74) is 1.25. The molecule has 5 heteroatoms. The molecule has 2 rings (SSSR count). The lowest BCUT2D eigenvalue weighted by molar-refractivity contribution is 0.265. The monoisotopic (exact) mass is 231 g/mol. The molecule has 0 aromatic rings. The van der Waals surface area contributed by atoms with Gasteiger partial charge in [0, 0.05) is 24.2 Å². The van der Waals surface area contributed by atoms with Gasteiger partial charge in [0.1, 0.15) is 5.16 Å². The molecule has 0 aromatic carbocycles. The fraction of sp³-hybridized carbons (Fsp3) is 0.556. The van der Waals surface area contributed by atoms with Gasteiger partial charge in [0.25, 0.3) is 0 Å². The largest absolute Gasteiger partial charge is 0.298 e. The maximum Gasteiger partial charge on any atom is 0.132 e. The number of likely N-dealkylation sites (N-methyl/N-ethyl adjacent to an activating group) is 1. The maximum absolute atomic E-state index is 6.05. The number of nitrogens with zero attached hydrogens (tertiary/aromatic N) is 2. The second-order valence-corrected chi connectivity index (χ2v) is 4.38. The van der Waals surface area contributed by atoms with Crippen LogP contribution < -0.4 is 4.83 Å². The van der Waals surface area contributed by atoms with E-state index in [2.05, 4.69) is 22.7 Å². The van der Waals surface area contributed by atoms with Crippen molar-refractivity contribution in [3.8, 4) is 0 Å². The number of rotatable bonds is 2. The van der Waals surface area contributed by atoms with E-state index < -0.39 is 0 Å². The Morgan fingerprint density at radius 2 is 2.50 bits per heavy atom. The van der Waals surface area contributed by atoms with E-state index in [4.69, 9.17) is 11.6 Å². The van der Waals surface area contributed by atoms with Gasteiger partial charge in [-0.1, -0.05) is 24.6 Å². The molecule has 0 spiro atoms. The highest BCUT2D eigenvalue weighted by atomic mass is 35.5. The zero-order chi connectivity index (χ0) is 9.97. The highest BCUT2D eigenvalue weighted by Crippen LogP contribution is 2.26. The Bertz CT molecular complexity index is 277. The molecular formula is C9H14ClN3S. The summed E-state index contributed by atoms with van der Waals surface area (Å²) in [5.74, 6) is 0. The van der Waals surface area contributed by atoms with Crippen molar-refractivity contribution in [3.05, 3.63) is 22.3 Å². The summed E-state index contributed by atoms with van der Waals surface area (Å²) in [6, 6.07) is 0. The van der Waals surface area contributed by atoms with Crippen LogP contribution in [-0.2, 0) is 0 Å². The molecule has 0 unspecified atom stereocenters. The Hall–Kier alpha value is -0.160. The molecule has 3 nitrogen and oxygen atoms in total. The van der Waals surface area contributed by atoms with Crippen molar-refractivity contribution in [3.63, 3.8) is 0 Å². The van der Waals surface area contributed by atoms with Crippen LogP contribution in [0.2, 0.25) is 0 Å². The topological polar surface area (TPSA) is 18.5 Å². The third kappa shape index (κ3) is 2.08. The Labute approximate surface area is 93.9 Å². The number of hydrogen-bond donors (Lipinski definition) is 1. The minimum Gasteiger partial charge on any atom is -0.298 e. The first kappa shape index (κ1) is 10.4. The van der Waals surface area contributed by atoms with Crippen molar-refractivity contribution in [1.82, 2.24) is 14.7 Å². The summed E-state index contributed by atoms with van der Waals surface area (Å²) in [7, 11) is 0. The van der Waals surface area contributed by atoms with Gasteiger partial charge in [-0.2, -0.15) is 4.83 Å². The Balaban J connectivity index is 2.04. The van der Waals surface area contributed by atoms with E-state index in [0.717, 1.165) is 31.2 Å². The summed E-state index contributed by atoms with van der Waals surface area (Å²) in [4.78, 5) is 5.56. The summed E-state index contributed by atoms with van der Waals surface area (Å²) in [6.45, 7) is 5.42. The van der Waals surface area contributed by atoms with E-state index in [1.54, 1.807) is 0 Å². The molecule has 14 heavy (non-hydrogen) atoms. The van der Waals surface area contributed by atoms with Crippen molar-refractivity contribution >= 4 is 23.5 Å². The molecule has 0 aromatic heterocycles. The first-order chi connectivity index (χ1) is 6.81. The van der Waals surface area contributed by atoms with Crippen LogP contribution in [0.4, 0.5) is 0 Å². The lowest BCUT2D eigenvalue weighted by atomic mass is 10.2. The molecule has 0 amide bonds. The molecule has 1 N–H and O–H groups in total. The molecule has 0 atom stereocenters. The van der Waals surface area contributed by atoms with Crippen LogP contribution in [0.5, 0.6) is 0 Å². The predicted molar refractivity (Wildman–Crippen MR) is 61.3 cm³/mol. The zero-order valence-electron chi connectivity index (χ0n) is 8.16. The number of hydrogen-bond acceptors (Lipinski definition) is 4. The average Bonchev–Trinajstić information content (AvgIpc) is 2.65. The SMILES string of the molecule is CCN1CCC=C(N2NSC=C2Cl)C1. The number of hydrazine groups is 1. The number of nitrogens with one attached hydrogen (secondary N) is 1. The van der Waals surface area contributed by atoms with E-state index in [9.17, 15) is 0 Å². The van der Waals surface area contributed by atoms with Gasteiger partial charge in [-0.3, -0.25) is 9.91 Å². The summed E-state index contributed by atoms with van der Waals surface area (Å²) in [6.07, 6.45) is 3.36. The molecule has 0 fully saturated rings. The van der Waals surface area contributed by atoms with E-state index in [1.807, 2.05) is 10.4 Å². The molecular weight excluding hydrogens is 218 g/mol. The van der Waals surface area contributed by atoms with Gasteiger partial charge in [0.15, 0.2) is 0 Å². The first-order valence-corrected chi connectivity index (χ1v) is 6.05. The van der Waals surface area contributed by atoms with Crippen molar-refractivity contribution in [2.24, 2.45) is 0 Å². The normalized spacial score (nSPS) is 23.7. The number of halogens is 1. The fourth-order valence-electron chi connectivity index (χ4n) is 1.64. The van der Waals surface area contributed by atoms with E-state index in [-0.39, 0.29) is 0 Å². The van der Waals surface area contributed by atoms with E-state index >= 15 is 0 Å². The standard InChI is InChI=1S/C9H14ClN3S/c1-2-12-5-3-4-8(6-12)13-9(10)7-14-11-13/h4,7,11H,2-3,5-6H2,1H3. The van der Waals surface area contributed by atoms with Crippen LogP contribution in [0.15, 0.2) is 22.3 Å². The molecule has 2 aliphatic rings. The highest BCUT2D eigenvalue weighted by Gasteiger charge is 2.21. The molecule has 0 bridgehead atoms. The van der Waals surface area contributed by atoms with Gasteiger partial charge < -0.3 is 0 Å². The van der Waals surface area contributed by atoms with Crippen molar-refractivity contribution < 1.29 is 0 Å². The minimum atomic E-state index is 0.763. The van der Waals surface area contributed by atoms with Gasteiger partial charge >= 0.3 is 0 Å². The van der Waals surface area contributed by atoms with E-state index in [0.29, 0.717) is 0 Å². The molecule has 0 aliphatic carbocycles. The highest BCUT2D eigenvalue weighted by molar-refractivity contribution is 8.00. The van der Waals surface area contributed by atoms with Crippen molar-refractivity contribution in [1.29, 1.82) is 0 Å². The smallest absolute Gasteiger partial charge is 0.132 e. The quantitative estimate of drug-likeness (QED) is 0.579. The van der Waals surface area contributed by atoms with Gasteiger partial charge in [0.2, 0.25) is 0 Å². The first-order valence-electron chi connectivity index (χ1n) is 4.79. The minimum absolute atomic E-state index is 0.763. The third-order valence-corrected chi connectivity index (χ3v) is 3.50. The predicted octanol–water partition coefficient (Wildman–Crippen LogP) is 2.10. The van der Waals surface area contributed by atoms with Gasteiger partial charge in [-0.15, -0.1) is 0 Å². The Morgan fingerprint density at radius 3 is 3.14 bits per heavy atom. The second kappa shape index (κ2) is 4.57. The van der Waals surface area contributed by atoms with Gasteiger partial charge in [-0.25, -0.2) is 0 Å². The van der Waals surface area contributed by atoms with Crippen LogP contribution in [0.3, 0.4) is 0 Å². The van der Waals surface area contributed by atoms with Gasteiger partial charge in [0.05, 0.1) is 0 Å². The maximum atomic E-state index is 6.05. The van der Waals surface area contributed by atoms with Crippen molar-refractivity contribution in [2.75, 3.05) is 19.6 Å². The molecule has 2 aliphatic heterocycles. The Morgan fingerprint density at radius 1 is 1.64 bits per heavy atom. The zero-order valence-corrected chi connectivity index (χ0v) is 9.74. The fourth-order valence-corrected chi connectivity index (χ4v) is 2.55. The summed E-state index contributed by atoms with van der Waals surface area (Å²) >= 11 is 7.56. The van der Waals surface area contributed by atoms with E-state index in [1.165, 1.54) is 17.6 Å². The molecule has 0 saturated heterocycles. The van der Waals surface area contributed by atoms with Crippen molar-refractivity contribution in [2.45, 2.75) is 13.3 Å². The molecule has 78 valence electrons. The molecule has 0 radical (unpaired) electrons. The van der Waals surface area contributed by atoms with Crippen LogP contribution >= 0.6 is 23.5 Å². The van der Waals surface area contributed by atoms with Crippen LogP contribution in [-0.4, -0.2) is 29.5 Å².